The van der Waals surface area contributed by atoms with Crippen molar-refractivity contribution in [1.82, 2.24) is 4.98 Å². The standard InChI is InChI=1S/C20H19ClN2O2/c1-3-25-20(24)16-12-22-18-15(10-7-11-17(18)21)19(16)23(2)13-14-8-5-4-6-9-14/h4-12H,3,13H2,1-2H3. The number of hydrogen-bond acceptors (Lipinski definition) is 4. The lowest BCUT2D eigenvalue weighted by Crippen LogP contribution is -2.21. The van der Waals surface area contributed by atoms with E-state index in [0.717, 1.165) is 16.6 Å². The van der Waals surface area contributed by atoms with Crippen LogP contribution in [-0.2, 0) is 11.3 Å². The lowest BCUT2D eigenvalue weighted by molar-refractivity contribution is 0.0527. The van der Waals surface area contributed by atoms with E-state index in [2.05, 4.69) is 17.1 Å². The molecule has 0 aliphatic heterocycles. The summed E-state index contributed by atoms with van der Waals surface area (Å²) in [5.41, 5.74) is 3.03. The zero-order valence-electron chi connectivity index (χ0n) is 14.2. The molecule has 0 fully saturated rings. The second-order valence-corrected chi connectivity index (χ2v) is 6.13. The van der Waals surface area contributed by atoms with E-state index in [4.69, 9.17) is 16.3 Å². The molecule has 0 unspecified atom stereocenters. The summed E-state index contributed by atoms with van der Waals surface area (Å²) >= 11 is 6.29. The number of nitrogens with zero attached hydrogens (tertiary/aromatic N) is 2. The zero-order chi connectivity index (χ0) is 17.8. The molecular weight excluding hydrogens is 336 g/mol. The Morgan fingerprint density at radius 3 is 2.64 bits per heavy atom. The molecule has 0 amide bonds. The molecule has 2 aromatic carbocycles. The van der Waals surface area contributed by atoms with E-state index in [-0.39, 0.29) is 5.97 Å². The fourth-order valence-corrected chi connectivity index (χ4v) is 3.10. The van der Waals surface area contributed by atoms with Gasteiger partial charge in [0, 0.05) is 25.2 Å². The number of para-hydroxylation sites is 1. The Balaban J connectivity index is 2.13. The number of esters is 1. The maximum absolute atomic E-state index is 12.4. The summed E-state index contributed by atoms with van der Waals surface area (Å²) in [5.74, 6) is -0.383. The Kier molecular flexibility index (Phi) is 5.19. The SMILES string of the molecule is CCOC(=O)c1cnc2c(Cl)cccc2c1N(C)Cc1ccccc1. The van der Waals surface area contributed by atoms with Crippen LogP contribution in [0.5, 0.6) is 0 Å². The second-order valence-electron chi connectivity index (χ2n) is 5.72. The van der Waals surface area contributed by atoms with Crippen molar-refractivity contribution in [3.05, 3.63) is 70.9 Å². The van der Waals surface area contributed by atoms with E-state index < -0.39 is 0 Å². The van der Waals surface area contributed by atoms with E-state index in [9.17, 15) is 4.79 Å². The van der Waals surface area contributed by atoms with Gasteiger partial charge < -0.3 is 9.64 Å². The van der Waals surface area contributed by atoms with Gasteiger partial charge in [-0.15, -0.1) is 0 Å². The second kappa shape index (κ2) is 7.53. The molecule has 0 spiro atoms. The predicted octanol–water partition coefficient (Wildman–Crippen LogP) is 4.70. The molecule has 0 N–H and O–H groups in total. The molecule has 3 aromatic rings. The van der Waals surface area contributed by atoms with Crippen molar-refractivity contribution >= 4 is 34.2 Å². The van der Waals surface area contributed by atoms with E-state index in [1.54, 1.807) is 19.2 Å². The fourth-order valence-electron chi connectivity index (χ4n) is 2.88. The summed E-state index contributed by atoms with van der Waals surface area (Å²) in [6, 6.07) is 15.7. The number of carbonyl (C=O) groups excluding carboxylic acids is 1. The van der Waals surface area contributed by atoms with Crippen LogP contribution >= 0.6 is 11.6 Å². The lowest BCUT2D eigenvalue weighted by Gasteiger charge is -2.24. The van der Waals surface area contributed by atoms with Crippen molar-refractivity contribution in [2.24, 2.45) is 0 Å². The minimum absolute atomic E-state index is 0.314. The van der Waals surface area contributed by atoms with Crippen molar-refractivity contribution < 1.29 is 9.53 Å². The van der Waals surface area contributed by atoms with Crippen molar-refractivity contribution in [2.45, 2.75) is 13.5 Å². The highest BCUT2D eigenvalue weighted by Gasteiger charge is 2.20. The Bertz CT molecular complexity index is 897. The number of benzene rings is 2. The van der Waals surface area contributed by atoms with Gasteiger partial charge in [-0.05, 0) is 18.6 Å². The lowest BCUT2D eigenvalue weighted by atomic mass is 10.1. The molecule has 0 atom stereocenters. The Hall–Kier alpha value is -2.59. The van der Waals surface area contributed by atoms with Gasteiger partial charge in [0.1, 0.15) is 5.56 Å². The van der Waals surface area contributed by atoms with Crippen LogP contribution in [0.3, 0.4) is 0 Å². The maximum Gasteiger partial charge on any atom is 0.341 e. The summed E-state index contributed by atoms with van der Waals surface area (Å²) in [5, 5.41) is 1.39. The fraction of sp³-hybridized carbons (Fsp3) is 0.200. The average molecular weight is 355 g/mol. The van der Waals surface area contributed by atoms with Crippen LogP contribution in [0, 0.1) is 0 Å². The molecule has 1 aromatic heterocycles. The summed E-state index contributed by atoms with van der Waals surface area (Å²) in [6.07, 6.45) is 1.54. The average Bonchev–Trinajstić information content (AvgIpc) is 2.62. The van der Waals surface area contributed by atoms with Gasteiger partial charge in [0.25, 0.3) is 0 Å². The predicted molar refractivity (Wildman–Crippen MR) is 101 cm³/mol. The molecule has 0 bridgehead atoms. The molecule has 0 saturated carbocycles. The molecule has 5 heteroatoms. The summed E-state index contributed by atoms with van der Waals surface area (Å²) in [6.45, 7) is 2.75. The Morgan fingerprint density at radius 2 is 1.92 bits per heavy atom. The van der Waals surface area contributed by atoms with Crippen LogP contribution < -0.4 is 4.90 Å². The van der Waals surface area contributed by atoms with Crippen LogP contribution in [-0.4, -0.2) is 24.6 Å². The number of carbonyl (C=O) groups is 1. The summed E-state index contributed by atoms with van der Waals surface area (Å²) in [4.78, 5) is 18.8. The van der Waals surface area contributed by atoms with Gasteiger partial charge in [0.05, 0.1) is 22.8 Å². The molecular formula is C20H19ClN2O2. The van der Waals surface area contributed by atoms with Crippen molar-refractivity contribution in [2.75, 3.05) is 18.6 Å². The first-order valence-electron chi connectivity index (χ1n) is 8.11. The highest BCUT2D eigenvalue weighted by molar-refractivity contribution is 6.35. The summed E-state index contributed by atoms with van der Waals surface area (Å²) < 4.78 is 5.21. The third kappa shape index (κ3) is 3.59. The van der Waals surface area contributed by atoms with E-state index in [0.29, 0.717) is 29.3 Å². The van der Waals surface area contributed by atoms with Gasteiger partial charge in [-0.3, -0.25) is 4.98 Å². The maximum atomic E-state index is 12.4. The largest absolute Gasteiger partial charge is 0.462 e. The highest BCUT2D eigenvalue weighted by Crippen LogP contribution is 2.33. The number of anilines is 1. The van der Waals surface area contributed by atoms with Crippen molar-refractivity contribution in [1.29, 1.82) is 0 Å². The molecule has 4 nitrogen and oxygen atoms in total. The molecule has 25 heavy (non-hydrogen) atoms. The minimum Gasteiger partial charge on any atom is -0.462 e. The van der Waals surface area contributed by atoms with Crippen LogP contribution in [0.15, 0.2) is 54.7 Å². The number of halogens is 1. The summed E-state index contributed by atoms with van der Waals surface area (Å²) in [7, 11) is 1.95. The molecule has 3 rings (SSSR count). The number of rotatable bonds is 5. The van der Waals surface area contributed by atoms with Crippen LogP contribution in [0.2, 0.25) is 5.02 Å². The Labute approximate surface area is 152 Å². The minimum atomic E-state index is -0.383. The van der Waals surface area contributed by atoms with E-state index in [1.807, 2.05) is 42.3 Å². The number of pyridine rings is 1. The van der Waals surface area contributed by atoms with Crippen LogP contribution in [0.25, 0.3) is 10.9 Å². The number of hydrogen-bond donors (Lipinski definition) is 0. The first-order valence-corrected chi connectivity index (χ1v) is 8.49. The van der Waals surface area contributed by atoms with Crippen LogP contribution in [0.1, 0.15) is 22.8 Å². The van der Waals surface area contributed by atoms with Gasteiger partial charge in [-0.25, -0.2) is 4.79 Å². The monoisotopic (exact) mass is 354 g/mol. The highest BCUT2D eigenvalue weighted by atomic mass is 35.5. The van der Waals surface area contributed by atoms with Gasteiger partial charge >= 0.3 is 5.97 Å². The third-order valence-corrected chi connectivity index (χ3v) is 4.26. The van der Waals surface area contributed by atoms with E-state index in [1.165, 1.54) is 0 Å². The van der Waals surface area contributed by atoms with Crippen molar-refractivity contribution in [3.8, 4) is 0 Å². The van der Waals surface area contributed by atoms with Gasteiger partial charge in [-0.2, -0.15) is 0 Å². The smallest absolute Gasteiger partial charge is 0.341 e. The number of fused-ring (bicyclic) bond motifs is 1. The molecule has 0 saturated heterocycles. The topological polar surface area (TPSA) is 42.4 Å². The van der Waals surface area contributed by atoms with Gasteiger partial charge in [0.15, 0.2) is 0 Å². The molecule has 0 aliphatic carbocycles. The molecule has 128 valence electrons. The number of ether oxygens (including phenoxy) is 1. The quantitative estimate of drug-likeness (QED) is 0.623. The molecule has 1 heterocycles. The number of aromatic nitrogens is 1. The van der Waals surface area contributed by atoms with Crippen molar-refractivity contribution in [3.63, 3.8) is 0 Å². The zero-order valence-corrected chi connectivity index (χ0v) is 15.0. The van der Waals surface area contributed by atoms with Gasteiger partial charge in [-0.1, -0.05) is 54.1 Å². The first-order chi connectivity index (χ1) is 12.1. The normalized spacial score (nSPS) is 10.7. The van der Waals surface area contributed by atoms with Gasteiger partial charge in [0.2, 0.25) is 0 Å². The molecule has 0 aliphatic rings. The van der Waals surface area contributed by atoms with Crippen LogP contribution in [0.4, 0.5) is 5.69 Å². The Morgan fingerprint density at radius 1 is 1.16 bits per heavy atom. The molecule has 0 radical (unpaired) electrons. The first kappa shape index (κ1) is 17.2. The van der Waals surface area contributed by atoms with E-state index >= 15 is 0 Å². The third-order valence-electron chi connectivity index (χ3n) is 3.96.